The molecule has 1 N–H and O–H groups in total. The zero-order chi connectivity index (χ0) is 24.2. The molecule has 1 amide bonds. The number of carbonyl (C=O) groups excluding carboxylic acids is 1. The lowest BCUT2D eigenvalue weighted by Crippen LogP contribution is -2.33. The summed E-state index contributed by atoms with van der Waals surface area (Å²) in [6.45, 7) is 3.99. The number of halogens is 1. The molecule has 1 aliphatic heterocycles. The molecule has 1 aliphatic rings. The van der Waals surface area contributed by atoms with E-state index in [4.69, 9.17) is 21.1 Å². The second kappa shape index (κ2) is 10.4. The fourth-order valence-electron chi connectivity index (χ4n) is 3.88. The Kier molecular flexibility index (Phi) is 7.29. The van der Waals surface area contributed by atoms with Gasteiger partial charge in [0.15, 0.2) is 16.7 Å². The highest BCUT2D eigenvalue weighted by atomic mass is 35.5. The molecular weight excluding hydrogens is 474 g/mol. The van der Waals surface area contributed by atoms with Gasteiger partial charge in [-0.25, -0.2) is 0 Å². The van der Waals surface area contributed by atoms with E-state index < -0.39 is 5.92 Å². The van der Waals surface area contributed by atoms with Gasteiger partial charge in [0.25, 0.3) is 5.56 Å². The fourth-order valence-corrected chi connectivity index (χ4v) is 5.13. The van der Waals surface area contributed by atoms with Crippen molar-refractivity contribution in [1.29, 1.82) is 0 Å². The van der Waals surface area contributed by atoms with Gasteiger partial charge in [-0.15, -0.1) is 0 Å². The third kappa shape index (κ3) is 4.83. The first-order chi connectivity index (χ1) is 16.4. The first kappa shape index (κ1) is 23.9. The van der Waals surface area contributed by atoms with Crippen molar-refractivity contribution in [2.45, 2.75) is 23.2 Å². The normalized spacial score (nSPS) is 14.8. The maximum absolute atomic E-state index is 13.2. The van der Waals surface area contributed by atoms with E-state index in [1.165, 1.54) is 11.8 Å². The van der Waals surface area contributed by atoms with E-state index in [2.05, 4.69) is 16.9 Å². The van der Waals surface area contributed by atoms with Crippen molar-refractivity contribution in [3.63, 3.8) is 0 Å². The first-order valence-electron chi connectivity index (χ1n) is 10.6. The largest absolute Gasteiger partial charge is 0.493 e. The number of anilines is 1. The van der Waals surface area contributed by atoms with Gasteiger partial charge in [0, 0.05) is 30.2 Å². The van der Waals surface area contributed by atoms with Crippen LogP contribution in [0.15, 0.2) is 65.1 Å². The van der Waals surface area contributed by atoms with E-state index in [-0.39, 0.29) is 17.9 Å². The van der Waals surface area contributed by atoms with E-state index in [9.17, 15) is 9.59 Å². The van der Waals surface area contributed by atoms with Gasteiger partial charge in [-0.2, -0.15) is 4.98 Å². The molecule has 0 spiro atoms. The number of hydrogen-bond donors (Lipinski definition) is 1. The van der Waals surface area contributed by atoms with Crippen molar-refractivity contribution < 1.29 is 14.3 Å². The molecule has 0 saturated heterocycles. The summed E-state index contributed by atoms with van der Waals surface area (Å²) >= 11 is 7.65. The molecule has 0 fully saturated rings. The Morgan fingerprint density at radius 3 is 2.79 bits per heavy atom. The number of nitrogens with zero attached hydrogens (tertiary/aromatic N) is 2. The molecule has 0 saturated carbocycles. The predicted molar refractivity (Wildman–Crippen MR) is 134 cm³/mol. The lowest BCUT2D eigenvalue weighted by Gasteiger charge is -2.28. The van der Waals surface area contributed by atoms with Crippen molar-refractivity contribution in [1.82, 2.24) is 9.55 Å². The molecule has 0 aliphatic carbocycles. The molecule has 9 heteroatoms. The Labute approximate surface area is 206 Å². The van der Waals surface area contributed by atoms with E-state index in [0.29, 0.717) is 45.4 Å². The summed E-state index contributed by atoms with van der Waals surface area (Å²) in [5.74, 6) is 1.44. The van der Waals surface area contributed by atoms with Crippen LogP contribution >= 0.6 is 23.4 Å². The molecule has 0 radical (unpaired) electrons. The highest BCUT2D eigenvalue weighted by Gasteiger charge is 2.32. The molecular formula is C25H24ClN3O4S. The monoisotopic (exact) mass is 497 g/mol. The molecule has 1 aromatic heterocycles. The van der Waals surface area contributed by atoms with Crippen LogP contribution in [-0.4, -0.2) is 29.2 Å². The summed E-state index contributed by atoms with van der Waals surface area (Å²) in [5, 5.41) is 4.01. The average molecular weight is 498 g/mol. The summed E-state index contributed by atoms with van der Waals surface area (Å²) in [7, 11) is 3.33. The maximum Gasteiger partial charge on any atom is 0.279 e. The second-order valence-corrected chi connectivity index (χ2v) is 9.07. The number of aromatic nitrogens is 2. The molecule has 1 unspecified atom stereocenters. The topological polar surface area (TPSA) is 82.5 Å². The number of methoxy groups -OCH3 is 1. The number of hydrogen-bond acceptors (Lipinski definition) is 6. The van der Waals surface area contributed by atoms with E-state index in [1.807, 2.05) is 30.3 Å². The molecule has 7 nitrogen and oxygen atoms in total. The second-order valence-electron chi connectivity index (χ2n) is 7.72. The maximum atomic E-state index is 13.2. The smallest absolute Gasteiger partial charge is 0.279 e. The van der Waals surface area contributed by atoms with Crippen LogP contribution < -0.4 is 20.3 Å². The zero-order valence-electron chi connectivity index (χ0n) is 18.8. The van der Waals surface area contributed by atoms with Gasteiger partial charge in [0.2, 0.25) is 5.91 Å². The average Bonchev–Trinajstić information content (AvgIpc) is 2.84. The molecule has 2 heterocycles. The van der Waals surface area contributed by atoms with Crippen molar-refractivity contribution in [3.05, 3.63) is 87.2 Å². The van der Waals surface area contributed by atoms with Crippen molar-refractivity contribution in [2.24, 2.45) is 7.05 Å². The van der Waals surface area contributed by atoms with E-state index >= 15 is 0 Å². The Hall–Kier alpha value is -3.23. The van der Waals surface area contributed by atoms with Crippen LogP contribution in [0.3, 0.4) is 0 Å². The first-order valence-corrected chi connectivity index (χ1v) is 12.0. The van der Waals surface area contributed by atoms with Crippen LogP contribution in [0.25, 0.3) is 0 Å². The summed E-state index contributed by atoms with van der Waals surface area (Å²) in [5.41, 5.74) is 1.79. The van der Waals surface area contributed by atoms with Crippen LogP contribution in [-0.2, 0) is 17.6 Å². The van der Waals surface area contributed by atoms with Crippen LogP contribution in [0.5, 0.6) is 11.5 Å². The molecule has 1 atom stereocenters. The van der Waals surface area contributed by atoms with Gasteiger partial charge < -0.3 is 19.4 Å². The molecule has 3 aromatic rings. The summed E-state index contributed by atoms with van der Waals surface area (Å²) in [6, 6.07) is 12.9. The molecule has 176 valence electrons. The van der Waals surface area contributed by atoms with Crippen LogP contribution in [0, 0.1) is 0 Å². The molecule has 34 heavy (non-hydrogen) atoms. The molecule has 4 rings (SSSR count). The fraction of sp³-hybridized carbons (Fsp3) is 0.240. The van der Waals surface area contributed by atoms with Gasteiger partial charge >= 0.3 is 0 Å². The Balaban J connectivity index is 1.70. The quantitative estimate of drug-likeness (QED) is 0.274. The minimum Gasteiger partial charge on any atom is -0.493 e. The summed E-state index contributed by atoms with van der Waals surface area (Å²) < 4.78 is 12.9. The minimum atomic E-state index is -0.458. The van der Waals surface area contributed by atoms with Crippen LogP contribution in [0.2, 0.25) is 5.02 Å². The van der Waals surface area contributed by atoms with Gasteiger partial charge in [0.1, 0.15) is 12.4 Å². The van der Waals surface area contributed by atoms with Gasteiger partial charge in [-0.3, -0.25) is 9.59 Å². The Morgan fingerprint density at radius 1 is 1.26 bits per heavy atom. The third-order valence-corrected chi connectivity index (χ3v) is 7.01. The SMILES string of the molecule is C=CCOc1ccc(C2CC(=O)Nc3c2c(=O)nc(SCc2ccccc2Cl)n3C)cc1OC. The highest BCUT2D eigenvalue weighted by molar-refractivity contribution is 7.98. The third-order valence-electron chi connectivity index (χ3n) is 5.56. The lowest BCUT2D eigenvalue weighted by molar-refractivity contribution is -0.116. The Morgan fingerprint density at radius 2 is 2.06 bits per heavy atom. The number of benzene rings is 2. The van der Waals surface area contributed by atoms with Crippen LogP contribution in [0.4, 0.5) is 5.82 Å². The van der Waals surface area contributed by atoms with Gasteiger partial charge in [-0.1, -0.05) is 60.3 Å². The van der Waals surface area contributed by atoms with Crippen molar-refractivity contribution >= 4 is 35.1 Å². The van der Waals surface area contributed by atoms with E-state index in [0.717, 1.165) is 11.1 Å². The Bertz CT molecular complexity index is 1310. The van der Waals surface area contributed by atoms with Crippen molar-refractivity contribution in [2.75, 3.05) is 19.0 Å². The molecule has 0 bridgehead atoms. The van der Waals surface area contributed by atoms with Gasteiger partial charge in [-0.05, 0) is 29.3 Å². The number of nitrogens with one attached hydrogen (secondary N) is 1. The zero-order valence-corrected chi connectivity index (χ0v) is 20.4. The summed E-state index contributed by atoms with van der Waals surface area (Å²) in [4.78, 5) is 30.2. The lowest BCUT2D eigenvalue weighted by atomic mass is 9.86. The highest BCUT2D eigenvalue weighted by Crippen LogP contribution is 2.39. The number of thioether (sulfide) groups is 1. The number of amides is 1. The number of ether oxygens (including phenoxy) is 2. The standard InChI is InChI=1S/C25H24ClN3O4S/c1-4-11-33-19-10-9-15(12-20(19)32-3)17-13-21(30)27-23-22(17)24(31)28-25(29(23)2)34-14-16-7-5-6-8-18(16)26/h4-10,12,17H,1,11,13-14H2,2-3H3,(H,27,30). The van der Waals surface area contributed by atoms with Crippen LogP contribution in [0.1, 0.15) is 29.0 Å². The number of carbonyl (C=O) groups is 1. The predicted octanol–water partition coefficient (Wildman–Crippen LogP) is 4.77. The summed E-state index contributed by atoms with van der Waals surface area (Å²) in [6.07, 6.45) is 1.78. The van der Waals surface area contributed by atoms with Crippen molar-refractivity contribution in [3.8, 4) is 11.5 Å². The minimum absolute atomic E-state index is 0.131. The number of rotatable bonds is 8. The van der Waals surface area contributed by atoms with E-state index in [1.54, 1.807) is 36.9 Å². The van der Waals surface area contributed by atoms with Gasteiger partial charge in [0.05, 0.1) is 12.7 Å². The molecule has 2 aromatic carbocycles. The number of fused-ring (bicyclic) bond motifs is 1.